The molecule has 27 heavy (non-hydrogen) atoms. The van der Waals surface area contributed by atoms with Crippen LogP contribution >= 0.6 is 0 Å². The van der Waals surface area contributed by atoms with Gasteiger partial charge < -0.3 is 9.64 Å². The first-order valence-corrected chi connectivity index (χ1v) is 9.30. The van der Waals surface area contributed by atoms with E-state index in [9.17, 15) is 9.18 Å². The lowest BCUT2D eigenvalue weighted by Gasteiger charge is -2.35. The lowest BCUT2D eigenvalue weighted by Crippen LogP contribution is -2.35. The van der Waals surface area contributed by atoms with Gasteiger partial charge in [-0.1, -0.05) is 31.2 Å². The summed E-state index contributed by atoms with van der Waals surface area (Å²) in [5.41, 5.74) is 2.32. The van der Waals surface area contributed by atoms with Gasteiger partial charge in [-0.25, -0.2) is 4.39 Å². The Bertz CT molecular complexity index is 812. The molecule has 0 N–H and O–H groups in total. The van der Waals surface area contributed by atoms with Crippen LogP contribution in [0.5, 0.6) is 0 Å². The van der Waals surface area contributed by atoms with Crippen LogP contribution in [0.2, 0.25) is 0 Å². The maximum Gasteiger partial charge on any atom is 0.223 e. The predicted octanol–water partition coefficient (Wildman–Crippen LogP) is 4.53. The monoisotopic (exact) mass is 366 g/mol. The summed E-state index contributed by atoms with van der Waals surface area (Å²) >= 11 is 0. The molecule has 1 amide bonds. The lowest BCUT2D eigenvalue weighted by molar-refractivity contribution is -0.133. The van der Waals surface area contributed by atoms with Gasteiger partial charge in [0, 0.05) is 19.6 Å². The van der Waals surface area contributed by atoms with Crippen LogP contribution in [0.3, 0.4) is 0 Å². The molecule has 1 saturated heterocycles. The Morgan fingerprint density at radius 3 is 2.37 bits per heavy atom. The van der Waals surface area contributed by atoms with Gasteiger partial charge in [-0.15, -0.1) is 0 Å². The molecule has 1 aliphatic rings. The quantitative estimate of drug-likeness (QED) is 0.723. The molecule has 3 rings (SSSR count). The molecule has 0 radical (unpaired) electrons. The van der Waals surface area contributed by atoms with Crippen molar-refractivity contribution in [1.82, 2.24) is 4.90 Å². The maximum absolute atomic E-state index is 13.5. The molecule has 1 fully saturated rings. The zero-order valence-corrected chi connectivity index (χ0v) is 15.4. The molecule has 1 heterocycles. The second-order valence-corrected chi connectivity index (χ2v) is 6.71. The van der Waals surface area contributed by atoms with Gasteiger partial charge in [0.15, 0.2) is 0 Å². The Hall–Kier alpha value is -2.71. The fourth-order valence-electron chi connectivity index (χ4n) is 3.50. The fourth-order valence-corrected chi connectivity index (χ4v) is 3.50. The molecule has 0 aliphatic carbocycles. The van der Waals surface area contributed by atoms with Crippen molar-refractivity contribution < 1.29 is 13.9 Å². The summed E-state index contributed by atoms with van der Waals surface area (Å²) in [7, 11) is 0. The second kappa shape index (κ2) is 8.79. The Kier molecular flexibility index (Phi) is 6.20. The number of benzene rings is 2. The van der Waals surface area contributed by atoms with Crippen LogP contribution in [0.15, 0.2) is 48.5 Å². The number of rotatable bonds is 7. The van der Waals surface area contributed by atoms with Crippen molar-refractivity contribution in [2.45, 2.75) is 38.3 Å². The van der Waals surface area contributed by atoms with E-state index in [1.165, 1.54) is 12.1 Å². The predicted molar refractivity (Wildman–Crippen MR) is 100 cm³/mol. The number of carbonyl (C=O) groups is 1. The smallest absolute Gasteiger partial charge is 0.223 e. The third kappa shape index (κ3) is 4.35. The van der Waals surface area contributed by atoms with Gasteiger partial charge in [-0.2, -0.15) is 5.26 Å². The molecule has 140 valence electrons. The number of amides is 1. The molecule has 0 bridgehead atoms. The molecule has 4 nitrogen and oxygen atoms in total. The average molecular weight is 366 g/mol. The summed E-state index contributed by atoms with van der Waals surface area (Å²) in [6.45, 7) is 3.23. The topological polar surface area (TPSA) is 53.3 Å². The number of hydrogen-bond donors (Lipinski definition) is 0. The largest absolute Gasteiger partial charge is 0.371 e. The molecule has 2 aromatic carbocycles. The van der Waals surface area contributed by atoms with Crippen LogP contribution in [0, 0.1) is 17.1 Å². The normalized spacial score (nSPS) is 16.2. The Morgan fingerprint density at radius 2 is 1.81 bits per heavy atom. The molecule has 5 heteroatoms. The summed E-state index contributed by atoms with van der Waals surface area (Å²) in [5, 5.41) is 9.06. The third-order valence-electron chi connectivity index (χ3n) is 4.81. The van der Waals surface area contributed by atoms with E-state index in [1.807, 2.05) is 24.0 Å². The van der Waals surface area contributed by atoms with Crippen LogP contribution in [0.4, 0.5) is 4.39 Å². The number of likely N-dealkylation sites (tertiary alicyclic amines) is 1. The number of carbonyl (C=O) groups excluding carboxylic acids is 1. The summed E-state index contributed by atoms with van der Waals surface area (Å²) < 4.78 is 19.7. The van der Waals surface area contributed by atoms with Gasteiger partial charge in [-0.3, -0.25) is 4.79 Å². The van der Waals surface area contributed by atoms with E-state index in [2.05, 4.69) is 6.07 Å². The van der Waals surface area contributed by atoms with Crippen LogP contribution < -0.4 is 0 Å². The van der Waals surface area contributed by atoms with Gasteiger partial charge in [0.05, 0.1) is 17.7 Å². The van der Waals surface area contributed by atoms with E-state index in [1.54, 1.807) is 24.3 Å². The third-order valence-corrected chi connectivity index (χ3v) is 4.81. The zero-order chi connectivity index (χ0) is 19.2. The van der Waals surface area contributed by atoms with Crippen LogP contribution in [-0.2, 0) is 9.53 Å². The summed E-state index contributed by atoms with van der Waals surface area (Å²) in [6.07, 6.45) is 1.79. The number of nitriles is 1. The van der Waals surface area contributed by atoms with E-state index in [4.69, 9.17) is 10.00 Å². The first-order chi connectivity index (χ1) is 13.1. The Morgan fingerprint density at radius 1 is 1.15 bits per heavy atom. The van der Waals surface area contributed by atoms with E-state index in [-0.39, 0.29) is 23.9 Å². The molecule has 0 unspecified atom stereocenters. The highest BCUT2D eigenvalue weighted by molar-refractivity contribution is 5.78. The van der Waals surface area contributed by atoms with Gasteiger partial charge in [0.1, 0.15) is 11.9 Å². The fraction of sp³-hybridized carbons (Fsp3) is 0.364. The van der Waals surface area contributed by atoms with E-state index < -0.39 is 0 Å². The minimum absolute atomic E-state index is 0.0862. The molecule has 2 aromatic rings. The van der Waals surface area contributed by atoms with Crippen molar-refractivity contribution in [3.63, 3.8) is 0 Å². The number of halogens is 1. The molecule has 1 aliphatic heterocycles. The van der Waals surface area contributed by atoms with Crippen molar-refractivity contribution >= 4 is 5.91 Å². The molecule has 0 spiro atoms. The van der Waals surface area contributed by atoms with Gasteiger partial charge in [-0.05, 0) is 48.2 Å². The van der Waals surface area contributed by atoms with Crippen molar-refractivity contribution in [3.05, 3.63) is 71.0 Å². The molecule has 2 atom stereocenters. The minimum atomic E-state index is -0.384. The van der Waals surface area contributed by atoms with Gasteiger partial charge >= 0.3 is 0 Å². The van der Waals surface area contributed by atoms with Gasteiger partial charge in [0.25, 0.3) is 0 Å². The van der Waals surface area contributed by atoms with Gasteiger partial charge in [0.2, 0.25) is 5.91 Å². The number of hydrogen-bond acceptors (Lipinski definition) is 3. The average Bonchev–Trinajstić information content (AvgIpc) is 3.12. The second-order valence-electron chi connectivity index (χ2n) is 6.71. The Balaban J connectivity index is 2.04. The van der Waals surface area contributed by atoms with Crippen LogP contribution in [0.1, 0.15) is 55.0 Å². The maximum atomic E-state index is 13.5. The van der Waals surface area contributed by atoms with Crippen molar-refractivity contribution in [2.75, 3.05) is 13.2 Å². The summed E-state index contributed by atoms with van der Waals surface area (Å²) in [4.78, 5) is 14.4. The van der Waals surface area contributed by atoms with E-state index in [0.717, 1.165) is 24.0 Å². The van der Waals surface area contributed by atoms with Crippen molar-refractivity contribution in [3.8, 4) is 6.07 Å². The Labute approximate surface area is 159 Å². The molecular formula is C22H23FN2O2. The van der Waals surface area contributed by atoms with E-state index >= 15 is 0 Å². The highest BCUT2D eigenvalue weighted by atomic mass is 19.1. The van der Waals surface area contributed by atoms with Crippen LogP contribution in [0.25, 0.3) is 0 Å². The highest BCUT2D eigenvalue weighted by Crippen LogP contribution is 2.39. The number of ether oxygens (including phenoxy) is 1. The lowest BCUT2D eigenvalue weighted by atomic mass is 9.93. The highest BCUT2D eigenvalue weighted by Gasteiger charge is 2.36. The van der Waals surface area contributed by atoms with Crippen molar-refractivity contribution in [1.29, 1.82) is 5.26 Å². The van der Waals surface area contributed by atoms with Crippen molar-refractivity contribution in [2.24, 2.45) is 0 Å². The zero-order valence-electron chi connectivity index (χ0n) is 15.4. The van der Waals surface area contributed by atoms with Crippen LogP contribution in [-0.4, -0.2) is 24.0 Å². The number of nitrogens with zero attached hydrogens (tertiary/aromatic N) is 2. The first-order valence-electron chi connectivity index (χ1n) is 9.30. The molecule has 0 aromatic heterocycles. The van der Waals surface area contributed by atoms with E-state index in [0.29, 0.717) is 25.1 Å². The molecular weight excluding hydrogens is 343 g/mol. The summed E-state index contributed by atoms with van der Waals surface area (Å²) in [5.74, 6) is -0.224. The SMILES string of the molecule is CCCO[C@@H](c1ccc(C#N)cc1)[C@@H](c1ccc(F)cc1)N1CCCC1=O. The standard InChI is InChI=1S/C22H23FN2O2/c1-2-14-27-22(18-7-5-16(15-24)6-8-18)21(25-13-3-4-20(25)26)17-9-11-19(23)12-10-17/h5-12,21-22H,2-4,13-14H2,1H3/t21-,22+/m1/s1. The summed E-state index contributed by atoms with van der Waals surface area (Å²) in [6, 6.07) is 15.3. The molecule has 0 saturated carbocycles. The first kappa shape index (κ1) is 19.1. The minimum Gasteiger partial charge on any atom is -0.371 e.